The molecule has 1 aromatic heterocycles. The largest absolute Gasteiger partial charge is 0.491 e. The van der Waals surface area contributed by atoms with E-state index in [0.717, 1.165) is 0 Å². The van der Waals surface area contributed by atoms with Crippen molar-refractivity contribution in [3.05, 3.63) is 17.9 Å². The number of ether oxygens (including phenoxy) is 1. The summed E-state index contributed by atoms with van der Waals surface area (Å²) < 4.78 is 20.2. The minimum Gasteiger partial charge on any atom is -0.491 e. The van der Waals surface area contributed by atoms with Crippen LogP contribution in [0.25, 0.3) is 0 Å². The van der Waals surface area contributed by atoms with Crippen LogP contribution in [0.4, 0.5) is 10.1 Å². The zero-order valence-electron chi connectivity index (χ0n) is 9.92. The van der Waals surface area contributed by atoms with Gasteiger partial charge in [0.2, 0.25) is 5.16 Å². The average Bonchev–Trinajstić information content (AvgIpc) is 2.71. The van der Waals surface area contributed by atoms with Gasteiger partial charge in [-0.1, -0.05) is 0 Å². The van der Waals surface area contributed by atoms with Crippen LogP contribution in [0.3, 0.4) is 0 Å². The van der Waals surface area contributed by atoms with Crippen LogP contribution in [0.2, 0.25) is 0 Å². The van der Waals surface area contributed by atoms with Gasteiger partial charge < -0.3 is 10.5 Å². The molecule has 0 aliphatic heterocycles. The van der Waals surface area contributed by atoms with Gasteiger partial charge in [0.15, 0.2) is 11.6 Å². The Bertz CT molecular complexity index is 559. The normalized spacial score (nSPS) is 10.6. The van der Waals surface area contributed by atoms with Gasteiger partial charge in [-0.05, 0) is 35.2 Å². The number of benzene rings is 1. The summed E-state index contributed by atoms with van der Waals surface area (Å²) in [5, 5.41) is 11.6. The maximum absolute atomic E-state index is 13.5. The second-order valence-corrected chi connectivity index (χ2v) is 4.45. The molecule has 0 saturated heterocycles. The molecule has 1 heterocycles. The summed E-state index contributed by atoms with van der Waals surface area (Å²) in [6, 6.07) is 2.78. The highest BCUT2D eigenvalue weighted by molar-refractivity contribution is 7.99. The third kappa shape index (κ3) is 2.53. The topological polar surface area (TPSA) is 78.9 Å². The van der Waals surface area contributed by atoms with Crippen LogP contribution in [0.15, 0.2) is 22.2 Å². The van der Waals surface area contributed by atoms with E-state index in [1.165, 1.54) is 22.5 Å². The van der Waals surface area contributed by atoms with Crippen molar-refractivity contribution in [1.82, 2.24) is 20.2 Å². The van der Waals surface area contributed by atoms with Crippen molar-refractivity contribution in [2.75, 3.05) is 12.3 Å². The summed E-state index contributed by atoms with van der Waals surface area (Å²) in [5.41, 5.74) is 6.08. The van der Waals surface area contributed by atoms with Crippen molar-refractivity contribution in [3.63, 3.8) is 0 Å². The predicted octanol–water partition coefficient (Wildman–Crippen LogP) is 1.48. The Labute approximate surface area is 107 Å². The van der Waals surface area contributed by atoms with E-state index in [0.29, 0.717) is 22.3 Å². The standard InChI is InChI=1S/C10H12FN5OS/c1-3-17-8-5-9(7(12)4-6(8)11)18-10-13-14-15-16(10)2/h4-5H,3,12H2,1-2H3. The Kier molecular flexibility index (Phi) is 3.66. The van der Waals surface area contributed by atoms with Crippen LogP contribution in [0.5, 0.6) is 5.75 Å². The fourth-order valence-electron chi connectivity index (χ4n) is 1.31. The molecule has 2 N–H and O–H groups in total. The number of hydrogen-bond acceptors (Lipinski definition) is 6. The van der Waals surface area contributed by atoms with Gasteiger partial charge in [-0.3, -0.25) is 0 Å². The summed E-state index contributed by atoms with van der Waals surface area (Å²) in [7, 11) is 1.71. The molecule has 0 aliphatic carbocycles. The number of aromatic nitrogens is 4. The molecule has 1 aromatic carbocycles. The Morgan fingerprint density at radius 1 is 1.50 bits per heavy atom. The number of nitrogen functional groups attached to an aromatic ring is 1. The van der Waals surface area contributed by atoms with Crippen LogP contribution >= 0.6 is 11.8 Å². The predicted molar refractivity (Wildman–Crippen MR) is 64.9 cm³/mol. The molecule has 0 atom stereocenters. The number of aryl methyl sites for hydroxylation is 1. The highest BCUT2D eigenvalue weighted by atomic mass is 32.2. The molecular formula is C10H12FN5OS. The van der Waals surface area contributed by atoms with Crippen molar-refractivity contribution < 1.29 is 9.13 Å². The summed E-state index contributed by atoms with van der Waals surface area (Å²) in [5.74, 6) is -0.306. The molecule has 8 heteroatoms. The third-order valence-corrected chi connectivity index (χ3v) is 3.25. The average molecular weight is 269 g/mol. The van der Waals surface area contributed by atoms with Crippen LogP contribution in [-0.4, -0.2) is 26.8 Å². The number of rotatable bonds is 4. The van der Waals surface area contributed by atoms with Crippen molar-refractivity contribution in [3.8, 4) is 5.75 Å². The lowest BCUT2D eigenvalue weighted by Crippen LogP contribution is -1.99. The zero-order chi connectivity index (χ0) is 13.1. The van der Waals surface area contributed by atoms with Crippen molar-refractivity contribution in [1.29, 1.82) is 0 Å². The van der Waals surface area contributed by atoms with Gasteiger partial charge in [0, 0.05) is 23.7 Å². The molecule has 96 valence electrons. The van der Waals surface area contributed by atoms with Crippen LogP contribution in [0.1, 0.15) is 6.92 Å². The third-order valence-electron chi connectivity index (χ3n) is 2.15. The highest BCUT2D eigenvalue weighted by Crippen LogP contribution is 2.34. The monoisotopic (exact) mass is 269 g/mol. The summed E-state index contributed by atoms with van der Waals surface area (Å²) in [4.78, 5) is 0.651. The first-order valence-electron chi connectivity index (χ1n) is 5.23. The smallest absolute Gasteiger partial charge is 0.213 e. The molecule has 0 bridgehead atoms. The molecule has 2 rings (SSSR count). The van der Waals surface area contributed by atoms with Crippen molar-refractivity contribution >= 4 is 17.4 Å². The van der Waals surface area contributed by atoms with E-state index in [-0.39, 0.29) is 5.75 Å². The van der Waals surface area contributed by atoms with E-state index in [1.807, 2.05) is 0 Å². The number of halogens is 1. The molecule has 18 heavy (non-hydrogen) atoms. The van der Waals surface area contributed by atoms with Gasteiger partial charge in [0.1, 0.15) is 0 Å². The minimum absolute atomic E-state index is 0.171. The second-order valence-electron chi connectivity index (χ2n) is 3.44. The minimum atomic E-state index is -0.477. The van der Waals surface area contributed by atoms with E-state index >= 15 is 0 Å². The molecule has 0 amide bonds. The van der Waals surface area contributed by atoms with E-state index < -0.39 is 5.82 Å². The number of hydrogen-bond donors (Lipinski definition) is 1. The van der Waals surface area contributed by atoms with Crippen LogP contribution in [-0.2, 0) is 7.05 Å². The highest BCUT2D eigenvalue weighted by Gasteiger charge is 2.12. The van der Waals surface area contributed by atoms with E-state index in [2.05, 4.69) is 15.5 Å². The maximum atomic E-state index is 13.5. The number of tetrazole rings is 1. The van der Waals surface area contributed by atoms with Gasteiger partial charge >= 0.3 is 0 Å². The van der Waals surface area contributed by atoms with Crippen LogP contribution in [0, 0.1) is 5.82 Å². The summed E-state index contributed by atoms with van der Waals surface area (Å²) >= 11 is 1.25. The molecule has 2 aromatic rings. The number of nitrogens with zero attached hydrogens (tertiary/aromatic N) is 4. The van der Waals surface area contributed by atoms with Crippen molar-refractivity contribution in [2.45, 2.75) is 17.0 Å². The fraction of sp³-hybridized carbons (Fsp3) is 0.300. The van der Waals surface area contributed by atoms with Crippen LogP contribution < -0.4 is 10.5 Å². The van der Waals surface area contributed by atoms with Gasteiger partial charge in [0.25, 0.3) is 0 Å². The molecule has 0 saturated carbocycles. The Balaban J connectivity index is 2.32. The first kappa shape index (κ1) is 12.6. The van der Waals surface area contributed by atoms with E-state index in [9.17, 15) is 4.39 Å². The van der Waals surface area contributed by atoms with Gasteiger partial charge in [-0.2, -0.15) is 0 Å². The molecular weight excluding hydrogens is 257 g/mol. The lowest BCUT2D eigenvalue weighted by Gasteiger charge is -2.09. The SMILES string of the molecule is CCOc1cc(Sc2nnnn2C)c(N)cc1F. The van der Waals surface area contributed by atoms with Gasteiger partial charge in [-0.25, -0.2) is 9.07 Å². The molecule has 0 fully saturated rings. The molecule has 0 aliphatic rings. The van der Waals surface area contributed by atoms with Gasteiger partial charge in [-0.15, -0.1) is 5.10 Å². The van der Waals surface area contributed by atoms with E-state index in [4.69, 9.17) is 10.5 Å². The first-order chi connectivity index (χ1) is 8.61. The zero-order valence-corrected chi connectivity index (χ0v) is 10.7. The maximum Gasteiger partial charge on any atom is 0.213 e. The number of anilines is 1. The quantitative estimate of drug-likeness (QED) is 0.847. The summed E-state index contributed by atoms with van der Waals surface area (Å²) in [6.07, 6.45) is 0. The molecule has 0 unspecified atom stereocenters. The van der Waals surface area contributed by atoms with Crippen molar-refractivity contribution in [2.24, 2.45) is 7.05 Å². The molecule has 6 nitrogen and oxygen atoms in total. The molecule has 0 radical (unpaired) electrons. The second kappa shape index (κ2) is 5.21. The number of nitrogens with two attached hydrogens (primary N) is 1. The summed E-state index contributed by atoms with van der Waals surface area (Å²) in [6.45, 7) is 2.17. The Morgan fingerprint density at radius 3 is 2.89 bits per heavy atom. The lowest BCUT2D eigenvalue weighted by molar-refractivity contribution is 0.321. The van der Waals surface area contributed by atoms with Gasteiger partial charge in [0.05, 0.1) is 6.61 Å². The first-order valence-corrected chi connectivity index (χ1v) is 6.05. The fourth-order valence-corrected chi connectivity index (χ4v) is 2.10. The Morgan fingerprint density at radius 2 is 2.28 bits per heavy atom. The van der Waals surface area contributed by atoms with E-state index in [1.54, 1.807) is 20.0 Å². The lowest BCUT2D eigenvalue weighted by atomic mass is 10.3. The molecule has 0 spiro atoms. The Hall–Kier alpha value is -1.83.